The lowest BCUT2D eigenvalue weighted by molar-refractivity contribution is 0.0668. The van der Waals surface area contributed by atoms with Gasteiger partial charge in [-0.3, -0.25) is 9.89 Å². The first kappa shape index (κ1) is 17.3. The van der Waals surface area contributed by atoms with Gasteiger partial charge < -0.3 is 4.90 Å². The number of carbonyl (C=O) groups excluding carboxylic acids is 1. The van der Waals surface area contributed by atoms with Crippen LogP contribution in [0, 0.1) is 11.7 Å². The minimum atomic E-state index is -0.216. The summed E-state index contributed by atoms with van der Waals surface area (Å²) in [6, 6.07) is 6.63. The highest BCUT2D eigenvalue weighted by Crippen LogP contribution is 2.24. The fourth-order valence-electron chi connectivity index (χ4n) is 3.55. The van der Waals surface area contributed by atoms with E-state index in [-0.39, 0.29) is 11.7 Å². The van der Waals surface area contributed by atoms with Crippen LogP contribution in [0.3, 0.4) is 0 Å². The topological polar surface area (TPSA) is 92.6 Å². The van der Waals surface area contributed by atoms with Gasteiger partial charge in [0.25, 0.3) is 5.91 Å². The van der Waals surface area contributed by atoms with Gasteiger partial charge in [-0.05, 0) is 59.7 Å². The first-order valence-corrected chi connectivity index (χ1v) is 9.01. The van der Waals surface area contributed by atoms with Crippen molar-refractivity contribution in [2.75, 3.05) is 13.1 Å². The third kappa shape index (κ3) is 3.86. The lowest BCUT2D eigenvalue weighted by Crippen LogP contribution is -2.40. The van der Waals surface area contributed by atoms with Crippen molar-refractivity contribution in [2.45, 2.75) is 25.7 Å². The number of aromatic nitrogens is 6. The molecule has 0 bridgehead atoms. The summed E-state index contributed by atoms with van der Waals surface area (Å²) >= 11 is 0. The number of aryl methyl sites for hydroxylation is 1. The van der Waals surface area contributed by atoms with Crippen molar-refractivity contribution in [1.82, 2.24) is 35.3 Å². The maximum Gasteiger partial charge on any atom is 0.259 e. The molecule has 1 aliphatic rings. The van der Waals surface area contributed by atoms with Gasteiger partial charge in [-0.2, -0.15) is 9.78 Å². The summed E-state index contributed by atoms with van der Waals surface area (Å²) in [5.41, 5.74) is 1.58. The van der Waals surface area contributed by atoms with Crippen molar-refractivity contribution in [3.63, 3.8) is 0 Å². The van der Waals surface area contributed by atoms with Crippen molar-refractivity contribution in [1.29, 1.82) is 0 Å². The summed E-state index contributed by atoms with van der Waals surface area (Å²) in [5.74, 6) is 0.613. The highest BCUT2D eigenvalue weighted by molar-refractivity contribution is 5.97. The van der Waals surface area contributed by atoms with Crippen LogP contribution in [0.2, 0.25) is 0 Å². The maximum absolute atomic E-state index is 13.0. The molecule has 0 spiro atoms. The van der Waals surface area contributed by atoms with Gasteiger partial charge in [0.2, 0.25) is 0 Å². The fraction of sp³-hybridized carbons (Fsp3) is 0.389. The third-order valence-corrected chi connectivity index (χ3v) is 4.99. The minimum absolute atomic E-state index is 0.0688. The second-order valence-corrected chi connectivity index (χ2v) is 6.81. The highest BCUT2D eigenvalue weighted by Gasteiger charge is 2.27. The van der Waals surface area contributed by atoms with Crippen molar-refractivity contribution in [3.05, 3.63) is 53.7 Å². The Labute approximate surface area is 155 Å². The highest BCUT2D eigenvalue weighted by atomic mass is 19.1. The number of hydrogen-bond acceptors (Lipinski definition) is 5. The molecule has 1 amide bonds. The third-order valence-electron chi connectivity index (χ3n) is 4.99. The Balaban J connectivity index is 1.40. The first-order valence-electron chi connectivity index (χ1n) is 9.01. The van der Waals surface area contributed by atoms with Gasteiger partial charge in [-0.25, -0.2) is 4.39 Å². The minimum Gasteiger partial charge on any atom is -0.338 e. The number of H-pyrrole nitrogens is 1. The molecule has 1 atom stereocenters. The zero-order valence-electron chi connectivity index (χ0n) is 14.8. The molecule has 2 aromatic heterocycles. The van der Waals surface area contributed by atoms with E-state index < -0.39 is 0 Å². The molecule has 1 aliphatic heterocycles. The molecular formula is C18H20FN7O. The average Bonchev–Trinajstić information content (AvgIpc) is 3.38. The molecule has 4 rings (SSSR count). The van der Waals surface area contributed by atoms with Gasteiger partial charge in [0.1, 0.15) is 17.7 Å². The Morgan fingerprint density at radius 3 is 2.93 bits per heavy atom. The van der Waals surface area contributed by atoms with E-state index >= 15 is 0 Å². The van der Waals surface area contributed by atoms with E-state index in [2.05, 4.69) is 25.7 Å². The number of amides is 1. The van der Waals surface area contributed by atoms with E-state index in [0.29, 0.717) is 23.8 Å². The molecule has 0 radical (unpaired) electrons. The van der Waals surface area contributed by atoms with Crippen LogP contribution in [0.4, 0.5) is 4.39 Å². The van der Waals surface area contributed by atoms with Crippen LogP contribution < -0.4 is 0 Å². The summed E-state index contributed by atoms with van der Waals surface area (Å²) in [6.07, 6.45) is 6.86. The van der Waals surface area contributed by atoms with E-state index in [0.717, 1.165) is 37.8 Å². The largest absolute Gasteiger partial charge is 0.338 e. The molecular weight excluding hydrogens is 349 g/mol. The number of tetrazole rings is 1. The molecule has 0 aliphatic carbocycles. The molecule has 3 heterocycles. The number of nitrogens with one attached hydrogen (secondary N) is 1. The Bertz CT molecular complexity index is 891. The van der Waals surface area contributed by atoms with E-state index in [1.165, 1.54) is 29.3 Å². The zero-order chi connectivity index (χ0) is 18.6. The lowest BCUT2D eigenvalue weighted by Gasteiger charge is -2.32. The summed E-state index contributed by atoms with van der Waals surface area (Å²) in [7, 11) is 0. The van der Waals surface area contributed by atoms with Gasteiger partial charge in [0.05, 0.1) is 6.20 Å². The summed E-state index contributed by atoms with van der Waals surface area (Å²) < 4.78 is 14.4. The number of hydrogen-bond donors (Lipinski definition) is 1. The van der Waals surface area contributed by atoms with E-state index in [1.54, 1.807) is 0 Å². The Hall–Kier alpha value is -3.10. The molecule has 27 heavy (non-hydrogen) atoms. The molecule has 1 saturated heterocycles. The number of rotatable bonds is 5. The van der Waals surface area contributed by atoms with Crippen LogP contribution in [-0.4, -0.2) is 54.3 Å². The first-order chi connectivity index (χ1) is 13.2. The second kappa shape index (κ2) is 7.65. The number of piperidine rings is 1. The Morgan fingerprint density at radius 2 is 2.15 bits per heavy atom. The number of carbonyl (C=O) groups is 1. The van der Waals surface area contributed by atoms with Crippen molar-refractivity contribution < 1.29 is 9.18 Å². The van der Waals surface area contributed by atoms with Gasteiger partial charge in [0.15, 0.2) is 5.82 Å². The molecule has 8 nitrogen and oxygen atoms in total. The number of aromatic amines is 1. The number of likely N-dealkylation sites (tertiary alicyclic amines) is 1. The SMILES string of the molecule is O=C(c1cn[nH]c1-n1cnnn1)N1CCC[C@@H](CCc2ccc(F)cc2)C1. The van der Waals surface area contributed by atoms with Crippen LogP contribution in [0.1, 0.15) is 35.2 Å². The molecule has 1 aromatic carbocycles. The average molecular weight is 369 g/mol. The van der Waals surface area contributed by atoms with Crippen LogP contribution in [0.15, 0.2) is 36.8 Å². The van der Waals surface area contributed by atoms with E-state index in [4.69, 9.17) is 0 Å². The van der Waals surface area contributed by atoms with Gasteiger partial charge in [0, 0.05) is 13.1 Å². The lowest BCUT2D eigenvalue weighted by atomic mass is 9.91. The smallest absolute Gasteiger partial charge is 0.259 e. The Morgan fingerprint density at radius 1 is 1.30 bits per heavy atom. The number of benzene rings is 1. The van der Waals surface area contributed by atoms with E-state index in [1.807, 2.05) is 17.0 Å². The normalized spacial score (nSPS) is 17.2. The number of nitrogens with zero attached hydrogens (tertiary/aromatic N) is 6. The quantitative estimate of drug-likeness (QED) is 0.743. The van der Waals surface area contributed by atoms with Crippen molar-refractivity contribution in [3.8, 4) is 5.82 Å². The molecule has 0 saturated carbocycles. The summed E-state index contributed by atoms with van der Waals surface area (Å²) in [5, 5.41) is 17.8. The standard InChI is InChI=1S/C18H20FN7O/c19-15-7-5-13(6-8-15)3-4-14-2-1-9-25(11-14)18(27)16-10-20-22-17(16)26-12-21-23-24-26/h5-8,10,12,14H,1-4,9,11H2,(H,20,22)/t14-/m0/s1. The maximum atomic E-state index is 13.0. The molecule has 3 aromatic rings. The molecule has 9 heteroatoms. The molecule has 0 unspecified atom stereocenters. The van der Waals surface area contributed by atoms with Gasteiger partial charge >= 0.3 is 0 Å². The van der Waals surface area contributed by atoms with E-state index in [9.17, 15) is 9.18 Å². The summed E-state index contributed by atoms with van der Waals surface area (Å²) in [4.78, 5) is 14.8. The Kier molecular flexibility index (Phi) is 4.91. The predicted octanol–water partition coefficient (Wildman–Crippen LogP) is 2.01. The predicted molar refractivity (Wildman–Crippen MR) is 94.6 cm³/mol. The fourth-order valence-corrected chi connectivity index (χ4v) is 3.55. The van der Waals surface area contributed by atoms with Crippen LogP contribution in [0.25, 0.3) is 5.82 Å². The van der Waals surface area contributed by atoms with Gasteiger partial charge in [-0.1, -0.05) is 12.1 Å². The molecule has 1 fully saturated rings. The molecule has 1 N–H and O–H groups in total. The molecule has 140 valence electrons. The van der Waals surface area contributed by atoms with Crippen molar-refractivity contribution >= 4 is 5.91 Å². The monoisotopic (exact) mass is 369 g/mol. The van der Waals surface area contributed by atoms with Crippen molar-refractivity contribution in [2.24, 2.45) is 5.92 Å². The van der Waals surface area contributed by atoms with Crippen LogP contribution >= 0.6 is 0 Å². The van der Waals surface area contributed by atoms with Crippen LogP contribution in [-0.2, 0) is 6.42 Å². The number of halogens is 1. The second-order valence-electron chi connectivity index (χ2n) is 6.81. The zero-order valence-corrected chi connectivity index (χ0v) is 14.8. The van der Waals surface area contributed by atoms with Crippen LogP contribution in [0.5, 0.6) is 0 Å². The van der Waals surface area contributed by atoms with Gasteiger partial charge in [-0.15, -0.1) is 5.10 Å². The summed E-state index contributed by atoms with van der Waals surface area (Å²) in [6.45, 7) is 1.44.